The lowest BCUT2D eigenvalue weighted by Crippen LogP contribution is -2.10. The van der Waals surface area contributed by atoms with E-state index >= 15 is 0 Å². The zero-order chi connectivity index (χ0) is 40.1. The topological polar surface area (TPSA) is 6.48 Å². The largest absolute Gasteiger partial charge is 0.311 e. The fourth-order valence-corrected chi connectivity index (χ4v) is 8.66. The number of para-hydroxylation sites is 1. The summed E-state index contributed by atoms with van der Waals surface area (Å²) in [6, 6.07) is 83.6. The summed E-state index contributed by atoms with van der Waals surface area (Å²) in [5.41, 5.74) is 19.5. The Labute approximate surface area is 354 Å². The zero-order valence-electron chi connectivity index (χ0n) is 33.7. The van der Waals surface area contributed by atoms with E-state index in [0.717, 1.165) is 34.1 Å². The highest BCUT2D eigenvalue weighted by Gasteiger charge is 2.16. The summed E-state index contributed by atoms with van der Waals surface area (Å²) < 4.78 is 0. The van der Waals surface area contributed by atoms with Crippen LogP contribution in [-0.4, -0.2) is 0 Å². The monoisotopic (exact) mass is 770 g/mol. The average Bonchev–Trinajstić information content (AvgIpc) is 3.34. The Morgan fingerprint density at radius 3 is 0.850 bits per heavy atom. The third-order valence-electron chi connectivity index (χ3n) is 11.9. The van der Waals surface area contributed by atoms with E-state index in [1.807, 2.05) is 0 Å². The molecule has 0 heterocycles. The van der Waals surface area contributed by atoms with Gasteiger partial charge in [0.1, 0.15) is 0 Å². The molecular weight excluding hydrogens is 725 g/mol. The molecule has 60 heavy (non-hydrogen) atoms. The van der Waals surface area contributed by atoms with Gasteiger partial charge >= 0.3 is 0 Å². The molecule has 0 bridgehead atoms. The SMILES string of the molecule is c1ccc(-c2ccc(N(c3ccccc3)c3ccc(-c4ccc(N(c5ccc(-c6ccccc6)cc5)c5ccc(-c6ccc7c(c6)CCCC7)cc5)cc4)cc3)cc2)cc1. The van der Waals surface area contributed by atoms with Gasteiger partial charge in [0.2, 0.25) is 0 Å². The summed E-state index contributed by atoms with van der Waals surface area (Å²) in [5.74, 6) is 0. The highest BCUT2D eigenvalue weighted by Crippen LogP contribution is 2.40. The van der Waals surface area contributed by atoms with Crippen LogP contribution < -0.4 is 9.80 Å². The van der Waals surface area contributed by atoms with Crippen molar-refractivity contribution in [3.05, 3.63) is 242 Å². The van der Waals surface area contributed by atoms with Gasteiger partial charge in [-0.25, -0.2) is 0 Å². The Bertz CT molecular complexity index is 2800. The first-order valence-corrected chi connectivity index (χ1v) is 21.1. The molecule has 0 aromatic heterocycles. The molecule has 0 spiro atoms. The van der Waals surface area contributed by atoms with Crippen molar-refractivity contribution in [2.75, 3.05) is 9.80 Å². The summed E-state index contributed by atoms with van der Waals surface area (Å²) in [6.07, 6.45) is 4.98. The van der Waals surface area contributed by atoms with Crippen LogP contribution in [0.1, 0.15) is 24.0 Å². The number of aryl methyl sites for hydroxylation is 2. The quantitative estimate of drug-likeness (QED) is 0.137. The lowest BCUT2D eigenvalue weighted by atomic mass is 9.89. The number of hydrogen-bond acceptors (Lipinski definition) is 2. The van der Waals surface area contributed by atoms with Crippen LogP contribution >= 0.6 is 0 Å². The summed E-state index contributed by atoms with van der Waals surface area (Å²) >= 11 is 0. The molecule has 0 saturated carbocycles. The van der Waals surface area contributed by atoms with E-state index in [9.17, 15) is 0 Å². The first-order valence-electron chi connectivity index (χ1n) is 21.1. The Balaban J connectivity index is 0.948. The fraction of sp³-hybridized carbons (Fsp3) is 0.0690. The van der Waals surface area contributed by atoms with Crippen molar-refractivity contribution in [3.8, 4) is 44.5 Å². The van der Waals surface area contributed by atoms with E-state index in [1.165, 1.54) is 81.3 Å². The van der Waals surface area contributed by atoms with E-state index < -0.39 is 0 Å². The number of benzene rings is 9. The lowest BCUT2D eigenvalue weighted by molar-refractivity contribution is 0.686. The van der Waals surface area contributed by atoms with Crippen molar-refractivity contribution < 1.29 is 0 Å². The van der Waals surface area contributed by atoms with Crippen LogP contribution in [-0.2, 0) is 12.8 Å². The second-order valence-electron chi connectivity index (χ2n) is 15.7. The third-order valence-corrected chi connectivity index (χ3v) is 11.9. The number of anilines is 6. The molecule has 0 unspecified atom stereocenters. The van der Waals surface area contributed by atoms with Gasteiger partial charge in [-0.15, -0.1) is 0 Å². The second kappa shape index (κ2) is 16.8. The molecule has 0 N–H and O–H groups in total. The number of rotatable bonds is 10. The van der Waals surface area contributed by atoms with Crippen LogP contribution in [0.5, 0.6) is 0 Å². The van der Waals surface area contributed by atoms with Gasteiger partial charge in [0, 0.05) is 34.1 Å². The molecule has 0 amide bonds. The minimum atomic E-state index is 1.11. The molecule has 0 radical (unpaired) electrons. The maximum Gasteiger partial charge on any atom is 0.0462 e. The van der Waals surface area contributed by atoms with Gasteiger partial charge in [-0.1, -0.05) is 158 Å². The Hall–Kier alpha value is -7.42. The van der Waals surface area contributed by atoms with Gasteiger partial charge < -0.3 is 9.80 Å². The van der Waals surface area contributed by atoms with Crippen molar-refractivity contribution in [2.24, 2.45) is 0 Å². The Morgan fingerprint density at radius 2 is 0.483 bits per heavy atom. The van der Waals surface area contributed by atoms with E-state index in [0.29, 0.717) is 0 Å². The van der Waals surface area contributed by atoms with E-state index in [4.69, 9.17) is 0 Å². The average molecular weight is 771 g/mol. The lowest BCUT2D eigenvalue weighted by Gasteiger charge is -2.26. The number of fused-ring (bicyclic) bond motifs is 1. The van der Waals surface area contributed by atoms with Crippen LogP contribution in [0.3, 0.4) is 0 Å². The molecule has 1 aliphatic rings. The molecule has 10 rings (SSSR count). The molecule has 9 aromatic carbocycles. The molecule has 0 aliphatic heterocycles. The highest BCUT2D eigenvalue weighted by molar-refractivity contribution is 5.83. The minimum absolute atomic E-state index is 1.11. The van der Waals surface area contributed by atoms with Gasteiger partial charge in [0.05, 0.1) is 0 Å². The number of nitrogens with zero attached hydrogens (tertiary/aromatic N) is 2. The van der Waals surface area contributed by atoms with E-state index in [2.05, 4.69) is 240 Å². The third kappa shape index (κ3) is 7.76. The molecule has 0 saturated heterocycles. The van der Waals surface area contributed by atoms with Crippen molar-refractivity contribution in [3.63, 3.8) is 0 Å². The van der Waals surface area contributed by atoms with Gasteiger partial charge in [0.15, 0.2) is 0 Å². The standard InChI is InChI=1S/C58H46N2/c1-4-12-43(13-5-1)46-22-32-54(33-23-46)59(53-18-8-3-9-19-53)55-36-26-48(27-37-55)49-28-38-57(39-29-49)60(56-34-24-47(25-35-56)44-14-6-2-7-15-44)58-40-30-50(31-41-58)52-21-20-45-16-10-11-17-51(45)42-52/h1-9,12-15,18-42H,10-11,16-17H2. The predicted molar refractivity (Wildman–Crippen MR) is 254 cm³/mol. The summed E-state index contributed by atoms with van der Waals surface area (Å²) in [4.78, 5) is 4.68. The summed E-state index contributed by atoms with van der Waals surface area (Å²) in [5, 5.41) is 0. The normalized spacial score (nSPS) is 12.1. The highest BCUT2D eigenvalue weighted by atomic mass is 15.1. The predicted octanol–water partition coefficient (Wildman–Crippen LogP) is 16.2. The maximum absolute atomic E-state index is 2.41. The molecule has 0 fully saturated rings. The smallest absolute Gasteiger partial charge is 0.0462 e. The van der Waals surface area contributed by atoms with Gasteiger partial charge in [-0.3, -0.25) is 0 Å². The van der Waals surface area contributed by atoms with E-state index in [-0.39, 0.29) is 0 Å². The summed E-state index contributed by atoms with van der Waals surface area (Å²) in [7, 11) is 0. The Kier molecular flexibility index (Phi) is 10.3. The second-order valence-corrected chi connectivity index (χ2v) is 15.7. The van der Waals surface area contributed by atoms with Gasteiger partial charge in [-0.05, 0) is 154 Å². The molecule has 1 aliphatic carbocycles. The number of hydrogen-bond donors (Lipinski definition) is 0. The molecule has 288 valence electrons. The molecule has 2 nitrogen and oxygen atoms in total. The van der Waals surface area contributed by atoms with Crippen LogP contribution in [0.2, 0.25) is 0 Å². The zero-order valence-corrected chi connectivity index (χ0v) is 33.7. The molecule has 9 aromatic rings. The van der Waals surface area contributed by atoms with Gasteiger partial charge in [-0.2, -0.15) is 0 Å². The summed E-state index contributed by atoms with van der Waals surface area (Å²) in [6.45, 7) is 0. The van der Waals surface area contributed by atoms with Crippen molar-refractivity contribution in [1.29, 1.82) is 0 Å². The van der Waals surface area contributed by atoms with Crippen LogP contribution in [0.25, 0.3) is 44.5 Å². The first kappa shape index (κ1) is 36.9. The molecule has 2 heteroatoms. The van der Waals surface area contributed by atoms with Crippen LogP contribution in [0, 0.1) is 0 Å². The molecular formula is C58H46N2. The first-order chi connectivity index (χ1) is 29.7. The van der Waals surface area contributed by atoms with Crippen LogP contribution in [0.4, 0.5) is 34.1 Å². The fourth-order valence-electron chi connectivity index (χ4n) is 8.66. The molecule has 0 atom stereocenters. The van der Waals surface area contributed by atoms with Crippen molar-refractivity contribution in [2.45, 2.75) is 25.7 Å². The van der Waals surface area contributed by atoms with Gasteiger partial charge in [0.25, 0.3) is 0 Å². The minimum Gasteiger partial charge on any atom is -0.311 e. The van der Waals surface area contributed by atoms with E-state index in [1.54, 1.807) is 0 Å². The Morgan fingerprint density at radius 1 is 0.217 bits per heavy atom. The van der Waals surface area contributed by atoms with Crippen molar-refractivity contribution >= 4 is 34.1 Å². The van der Waals surface area contributed by atoms with Crippen LogP contribution in [0.15, 0.2) is 231 Å². The van der Waals surface area contributed by atoms with Crippen molar-refractivity contribution in [1.82, 2.24) is 0 Å². The maximum atomic E-state index is 2.41.